The molecule has 0 amide bonds. The van der Waals surface area contributed by atoms with Crippen LogP contribution in [0.25, 0.3) is 0 Å². The molecule has 82 valence electrons. The molecule has 0 aromatic heterocycles. The fourth-order valence-corrected chi connectivity index (χ4v) is 1.60. The Kier molecular flexibility index (Phi) is 3.38. The van der Waals surface area contributed by atoms with Crippen molar-refractivity contribution < 1.29 is 18.7 Å². The number of carboxylic acids is 1. The maximum Gasteiger partial charge on any atom is 0.375 e. The van der Waals surface area contributed by atoms with Gasteiger partial charge in [0.05, 0.1) is 6.54 Å². The lowest BCUT2D eigenvalue weighted by Gasteiger charge is -2.20. The first-order valence-corrected chi connectivity index (χ1v) is 4.49. The fraction of sp³-hybridized carbons (Fsp3) is 0.875. The molecule has 3 N–H and O–H groups in total. The van der Waals surface area contributed by atoms with Gasteiger partial charge in [0.15, 0.2) is 0 Å². The highest BCUT2D eigenvalue weighted by Crippen LogP contribution is 2.21. The van der Waals surface area contributed by atoms with Crippen LogP contribution in [0.15, 0.2) is 0 Å². The summed E-state index contributed by atoms with van der Waals surface area (Å²) in [5.74, 6) is -5.49. The van der Waals surface area contributed by atoms with E-state index in [1.807, 2.05) is 0 Å². The highest BCUT2D eigenvalue weighted by molar-refractivity contribution is 5.75. The zero-order chi connectivity index (χ0) is 10.8. The van der Waals surface area contributed by atoms with Gasteiger partial charge in [-0.2, -0.15) is 8.78 Å². The summed E-state index contributed by atoms with van der Waals surface area (Å²) in [5, 5.41) is 8.22. The lowest BCUT2D eigenvalue weighted by atomic mass is 10.1. The summed E-state index contributed by atoms with van der Waals surface area (Å²) in [4.78, 5) is 11.6. The van der Waals surface area contributed by atoms with E-state index in [1.165, 1.54) is 4.90 Å². The number of aliphatic carboxylic acids is 1. The normalized spacial score (nSPS) is 24.1. The van der Waals surface area contributed by atoms with E-state index in [2.05, 4.69) is 0 Å². The number of likely N-dealkylation sites (tertiary alicyclic amines) is 1. The maximum atomic E-state index is 12.8. The number of hydrogen-bond donors (Lipinski definition) is 2. The van der Waals surface area contributed by atoms with Crippen molar-refractivity contribution in [2.75, 3.05) is 26.2 Å². The Bertz CT molecular complexity index is 223. The highest BCUT2D eigenvalue weighted by Gasteiger charge is 2.41. The summed E-state index contributed by atoms with van der Waals surface area (Å²) in [6.45, 7) is 0.734. The number of alkyl halides is 2. The molecule has 1 rings (SSSR count). The molecule has 1 aliphatic heterocycles. The molecule has 0 aromatic rings. The van der Waals surface area contributed by atoms with Crippen LogP contribution in [0.3, 0.4) is 0 Å². The van der Waals surface area contributed by atoms with Gasteiger partial charge in [-0.1, -0.05) is 0 Å². The Morgan fingerprint density at radius 2 is 2.29 bits per heavy atom. The lowest BCUT2D eigenvalue weighted by molar-refractivity contribution is -0.167. The van der Waals surface area contributed by atoms with Gasteiger partial charge in [0, 0.05) is 6.54 Å². The van der Waals surface area contributed by atoms with Gasteiger partial charge >= 0.3 is 11.9 Å². The number of carboxylic acid groups (broad SMARTS) is 1. The largest absolute Gasteiger partial charge is 0.477 e. The second-order valence-electron chi connectivity index (χ2n) is 3.64. The standard InChI is InChI=1S/C8H14F2N2O2/c9-8(10,7(13)14)5-12-2-1-6(3-11)4-12/h6H,1-5,11H2,(H,13,14). The number of nitrogens with two attached hydrogens (primary N) is 1. The Morgan fingerprint density at radius 3 is 2.71 bits per heavy atom. The van der Waals surface area contributed by atoms with E-state index >= 15 is 0 Å². The molecule has 1 aliphatic rings. The minimum atomic E-state index is -3.65. The van der Waals surface area contributed by atoms with E-state index in [0.717, 1.165) is 6.42 Å². The molecular weight excluding hydrogens is 194 g/mol. The van der Waals surface area contributed by atoms with Crippen molar-refractivity contribution in [1.29, 1.82) is 0 Å². The number of halogens is 2. The van der Waals surface area contributed by atoms with Gasteiger partial charge in [0.25, 0.3) is 0 Å². The molecule has 1 unspecified atom stereocenters. The van der Waals surface area contributed by atoms with Crippen LogP contribution in [0.1, 0.15) is 6.42 Å². The van der Waals surface area contributed by atoms with Crippen LogP contribution in [0.2, 0.25) is 0 Å². The SMILES string of the molecule is NCC1CCN(CC(F)(F)C(=O)O)C1. The maximum absolute atomic E-state index is 12.8. The minimum Gasteiger partial charge on any atom is -0.477 e. The second-order valence-corrected chi connectivity index (χ2v) is 3.64. The summed E-state index contributed by atoms with van der Waals surface area (Å²) >= 11 is 0. The predicted molar refractivity (Wildman–Crippen MR) is 46.2 cm³/mol. The van der Waals surface area contributed by atoms with Crippen LogP contribution in [0.4, 0.5) is 8.78 Å². The summed E-state index contributed by atoms with van der Waals surface area (Å²) in [6.07, 6.45) is 0.770. The molecule has 0 aromatic carbocycles. The van der Waals surface area contributed by atoms with Crippen molar-refractivity contribution in [1.82, 2.24) is 4.90 Å². The monoisotopic (exact) mass is 208 g/mol. The van der Waals surface area contributed by atoms with Gasteiger partial charge in [-0.25, -0.2) is 4.79 Å². The van der Waals surface area contributed by atoms with Crippen LogP contribution in [-0.2, 0) is 4.79 Å². The third kappa shape index (κ3) is 2.62. The minimum absolute atomic E-state index is 0.222. The van der Waals surface area contributed by atoms with Crippen LogP contribution < -0.4 is 5.73 Å². The van der Waals surface area contributed by atoms with Gasteiger partial charge in [-0.15, -0.1) is 0 Å². The Hall–Kier alpha value is -0.750. The van der Waals surface area contributed by atoms with Gasteiger partial charge in [-0.3, -0.25) is 4.90 Å². The molecule has 1 atom stereocenters. The molecule has 4 nitrogen and oxygen atoms in total. The Labute approximate surface area is 80.7 Å². The average Bonchev–Trinajstić information content (AvgIpc) is 2.51. The van der Waals surface area contributed by atoms with Gasteiger partial charge < -0.3 is 10.8 Å². The van der Waals surface area contributed by atoms with E-state index in [1.54, 1.807) is 0 Å². The molecule has 0 spiro atoms. The third-order valence-electron chi connectivity index (χ3n) is 2.44. The first-order valence-electron chi connectivity index (χ1n) is 4.49. The van der Waals surface area contributed by atoms with Crippen molar-refractivity contribution in [3.8, 4) is 0 Å². The van der Waals surface area contributed by atoms with Gasteiger partial charge in [0.1, 0.15) is 0 Å². The summed E-state index contributed by atoms with van der Waals surface area (Å²) < 4.78 is 25.5. The first kappa shape index (κ1) is 11.3. The molecule has 1 heterocycles. The van der Waals surface area contributed by atoms with E-state index in [9.17, 15) is 13.6 Å². The van der Waals surface area contributed by atoms with E-state index in [0.29, 0.717) is 19.6 Å². The van der Waals surface area contributed by atoms with Crippen molar-refractivity contribution in [3.63, 3.8) is 0 Å². The summed E-state index contributed by atoms with van der Waals surface area (Å²) in [6, 6.07) is 0. The van der Waals surface area contributed by atoms with E-state index < -0.39 is 18.4 Å². The fourth-order valence-electron chi connectivity index (χ4n) is 1.60. The quantitative estimate of drug-likeness (QED) is 0.681. The number of nitrogens with zero attached hydrogens (tertiary/aromatic N) is 1. The zero-order valence-corrected chi connectivity index (χ0v) is 7.75. The van der Waals surface area contributed by atoms with Gasteiger partial charge in [0.2, 0.25) is 0 Å². The van der Waals surface area contributed by atoms with Crippen LogP contribution in [-0.4, -0.2) is 48.1 Å². The molecule has 1 fully saturated rings. The highest BCUT2D eigenvalue weighted by atomic mass is 19.3. The molecule has 0 aliphatic carbocycles. The van der Waals surface area contributed by atoms with Crippen LogP contribution >= 0.6 is 0 Å². The van der Waals surface area contributed by atoms with Crippen molar-refractivity contribution in [3.05, 3.63) is 0 Å². The van der Waals surface area contributed by atoms with E-state index in [4.69, 9.17) is 10.8 Å². The second kappa shape index (κ2) is 4.18. The third-order valence-corrected chi connectivity index (χ3v) is 2.44. The zero-order valence-electron chi connectivity index (χ0n) is 7.75. The van der Waals surface area contributed by atoms with Crippen molar-refractivity contribution in [2.45, 2.75) is 12.3 Å². The molecule has 0 radical (unpaired) electrons. The van der Waals surface area contributed by atoms with Crippen LogP contribution in [0.5, 0.6) is 0 Å². The smallest absolute Gasteiger partial charge is 0.375 e. The average molecular weight is 208 g/mol. The molecule has 0 bridgehead atoms. The summed E-state index contributed by atoms with van der Waals surface area (Å²) in [5.41, 5.74) is 5.39. The van der Waals surface area contributed by atoms with E-state index in [-0.39, 0.29) is 5.92 Å². The first-order chi connectivity index (χ1) is 6.45. The molecule has 1 saturated heterocycles. The molecule has 0 saturated carbocycles. The Morgan fingerprint density at radius 1 is 1.64 bits per heavy atom. The number of hydrogen-bond acceptors (Lipinski definition) is 3. The molecule has 6 heteroatoms. The lowest BCUT2D eigenvalue weighted by Crippen LogP contribution is -2.41. The predicted octanol–water partition coefficient (Wildman–Crippen LogP) is -0.0131. The van der Waals surface area contributed by atoms with Crippen LogP contribution in [0, 0.1) is 5.92 Å². The van der Waals surface area contributed by atoms with Crippen molar-refractivity contribution in [2.24, 2.45) is 11.7 Å². The Balaban J connectivity index is 2.42. The number of rotatable bonds is 4. The number of carbonyl (C=O) groups is 1. The molecular formula is C8H14F2N2O2. The van der Waals surface area contributed by atoms with Gasteiger partial charge in [-0.05, 0) is 25.4 Å². The topological polar surface area (TPSA) is 66.6 Å². The summed E-state index contributed by atoms with van der Waals surface area (Å²) in [7, 11) is 0. The van der Waals surface area contributed by atoms with Crippen molar-refractivity contribution >= 4 is 5.97 Å². The molecule has 14 heavy (non-hydrogen) atoms.